The Bertz CT molecular complexity index is 587. The quantitative estimate of drug-likeness (QED) is 0.880. The minimum Gasteiger partial charge on any atom is -0.425 e. The Kier molecular flexibility index (Phi) is 4.61. The summed E-state index contributed by atoms with van der Waals surface area (Å²) < 4.78 is 5.70. The van der Waals surface area contributed by atoms with Crippen LogP contribution in [-0.2, 0) is 11.2 Å². The van der Waals surface area contributed by atoms with Crippen LogP contribution < -0.4 is 5.32 Å². The Labute approximate surface area is 135 Å². The van der Waals surface area contributed by atoms with E-state index in [1.165, 1.54) is 4.90 Å². The number of aryl methyl sites for hydroxylation is 1. The van der Waals surface area contributed by atoms with Crippen molar-refractivity contribution in [2.45, 2.75) is 45.1 Å². The first-order chi connectivity index (χ1) is 11.1. The van der Waals surface area contributed by atoms with Gasteiger partial charge in [-0.05, 0) is 26.3 Å². The number of nitrogens with one attached hydrogen (secondary N) is 1. The molecule has 2 atom stereocenters. The number of likely N-dealkylation sites (tertiary alicyclic amines) is 1. The van der Waals surface area contributed by atoms with E-state index in [4.69, 9.17) is 4.42 Å². The van der Waals surface area contributed by atoms with Gasteiger partial charge in [0.1, 0.15) is 0 Å². The van der Waals surface area contributed by atoms with Crippen LogP contribution in [0.3, 0.4) is 0 Å². The van der Waals surface area contributed by atoms with E-state index in [9.17, 15) is 9.59 Å². The molecule has 8 heteroatoms. The zero-order valence-corrected chi connectivity index (χ0v) is 13.6. The lowest BCUT2D eigenvalue weighted by molar-refractivity contribution is -0.129. The van der Waals surface area contributed by atoms with Crippen LogP contribution in [-0.4, -0.2) is 64.2 Å². The number of aromatic nitrogens is 2. The lowest BCUT2D eigenvalue weighted by atomic mass is 9.90. The van der Waals surface area contributed by atoms with Crippen LogP contribution in [0.15, 0.2) is 4.42 Å². The minimum absolute atomic E-state index is 0.128. The molecule has 2 saturated heterocycles. The first-order valence-electron chi connectivity index (χ1n) is 8.24. The van der Waals surface area contributed by atoms with E-state index in [-0.39, 0.29) is 30.4 Å². The number of piperidine rings is 1. The van der Waals surface area contributed by atoms with Crippen LogP contribution in [0.25, 0.3) is 0 Å². The van der Waals surface area contributed by atoms with E-state index in [0.29, 0.717) is 24.9 Å². The maximum Gasteiger partial charge on any atom is 0.324 e. The maximum atomic E-state index is 12.3. The van der Waals surface area contributed by atoms with E-state index < -0.39 is 0 Å². The summed E-state index contributed by atoms with van der Waals surface area (Å²) in [5.74, 6) is 1.29. The highest BCUT2D eigenvalue weighted by Crippen LogP contribution is 2.31. The highest BCUT2D eigenvalue weighted by atomic mass is 16.4. The average molecular weight is 321 g/mol. The van der Waals surface area contributed by atoms with Gasteiger partial charge in [0.2, 0.25) is 17.7 Å². The number of urea groups is 1. The number of amides is 3. The second-order valence-corrected chi connectivity index (χ2v) is 6.12. The molecule has 126 valence electrons. The molecule has 2 fully saturated rings. The molecule has 0 aromatic carbocycles. The van der Waals surface area contributed by atoms with Crippen molar-refractivity contribution >= 4 is 11.9 Å². The fourth-order valence-electron chi connectivity index (χ4n) is 3.29. The van der Waals surface area contributed by atoms with Crippen LogP contribution >= 0.6 is 0 Å². The van der Waals surface area contributed by atoms with Gasteiger partial charge in [0.25, 0.3) is 0 Å². The van der Waals surface area contributed by atoms with Crippen LogP contribution in [0.5, 0.6) is 0 Å². The van der Waals surface area contributed by atoms with Gasteiger partial charge in [-0.15, -0.1) is 10.2 Å². The van der Waals surface area contributed by atoms with Gasteiger partial charge in [0.15, 0.2) is 0 Å². The summed E-state index contributed by atoms with van der Waals surface area (Å²) in [6, 6.07) is -0.163. The van der Waals surface area contributed by atoms with Crippen molar-refractivity contribution < 1.29 is 14.0 Å². The molecule has 0 radical (unpaired) electrons. The van der Waals surface area contributed by atoms with Gasteiger partial charge < -0.3 is 9.73 Å². The molecule has 1 N–H and O–H groups in total. The lowest BCUT2D eigenvalue weighted by Gasteiger charge is -2.37. The van der Waals surface area contributed by atoms with Gasteiger partial charge >= 0.3 is 6.03 Å². The second-order valence-electron chi connectivity index (χ2n) is 6.12. The van der Waals surface area contributed by atoms with Crippen LogP contribution in [0.1, 0.15) is 44.4 Å². The molecule has 1 aromatic heterocycles. The van der Waals surface area contributed by atoms with Crippen LogP contribution in [0, 0.1) is 0 Å². The normalized spacial score (nSPS) is 25.7. The summed E-state index contributed by atoms with van der Waals surface area (Å²) in [6.45, 7) is 6.13. The van der Waals surface area contributed by atoms with Crippen LogP contribution in [0.4, 0.5) is 4.79 Å². The summed E-state index contributed by atoms with van der Waals surface area (Å²) >= 11 is 0. The Morgan fingerprint density at radius 1 is 1.39 bits per heavy atom. The van der Waals surface area contributed by atoms with E-state index in [2.05, 4.69) is 27.3 Å². The third-order valence-electron chi connectivity index (χ3n) is 4.72. The second kappa shape index (κ2) is 6.66. The molecule has 2 aliphatic rings. The predicted octanol–water partition coefficient (Wildman–Crippen LogP) is 0.752. The molecule has 1 aromatic rings. The predicted molar refractivity (Wildman–Crippen MR) is 81.8 cm³/mol. The summed E-state index contributed by atoms with van der Waals surface area (Å²) in [4.78, 5) is 27.3. The van der Waals surface area contributed by atoms with E-state index in [1.54, 1.807) is 0 Å². The average Bonchev–Trinajstić information content (AvgIpc) is 3.18. The zero-order valence-electron chi connectivity index (χ0n) is 13.6. The molecule has 8 nitrogen and oxygen atoms in total. The number of carbonyl (C=O) groups excluding carboxylic acids is 2. The Morgan fingerprint density at radius 3 is 2.87 bits per heavy atom. The molecular weight excluding hydrogens is 298 g/mol. The molecule has 23 heavy (non-hydrogen) atoms. The fourth-order valence-corrected chi connectivity index (χ4v) is 3.29. The van der Waals surface area contributed by atoms with Gasteiger partial charge in [-0.1, -0.05) is 6.92 Å². The van der Waals surface area contributed by atoms with Crippen molar-refractivity contribution in [2.75, 3.05) is 26.2 Å². The third-order valence-corrected chi connectivity index (χ3v) is 4.72. The first-order valence-corrected chi connectivity index (χ1v) is 8.24. The number of hydrogen-bond acceptors (Lipinski definition) is 6. The molecule has 3 heterocycles. The summed E-state index contributed by atoms with van der Waals surface area (Å²) in [7, 11) is 0. The fraction of sp³-hybridized carbons (Fsp3) is 0.733. The largest absolute Gasteiger partial charge is 0.425 e. The summed E-state index contributed by atoms with van der Waals surface area (Å²) in [5, 5.41) is 10.9. The number of nitrogens with zero attached hydrogens (tertiary/aromatic N) is 4. The Hall–Kier alpha value is -1.96. The molecular formula is C15H23N5O3. The Balaban J connectivity index is 1.66. The molecule has 3 rings (SSSR count). The topological polar surface area (TPSA) is 91.6 Å². The van der Waals surface area contributed by atoms with E-state index in [0.717, 1.165) is 25.8 Å². The number of imide groups is 1. The highest BCUT2D eigenvalue weighted by molar-refractivity contribution is 5.96. The smallest absolute Gasteiger partial charge is 0.324 e. The maximum absolute atomic E-state index is 12.3. The van der Waals surface area contributed by atoms with Crippen molar-refractivity contribution in [1.29, 1.82) is 0 Å². The summed E-state index contributed by atoms with van der Waals surface area (Å²) in [6.07, 6.45) is 2.67. The van der Waals surface area contributed by atoms with Crippen molar-refractivity contribution in [2.24, 2.45) is 0 Å². The molecule has 0 unspecified atom stereocenters. The molecule has 3 amide bonds. The highest BCUT2D eigenvalue weighted by Gasteiger charge is 2.35. The molecule has 2 aliphatic heterocycles. The standard InChI is InChI=1S/C15H23N5O3/c1-3-12-17-18-14(23-12)11-5-4-7-19(10(11)2)9-13(21)20-8-6-16-15(20)22/h10-11H,3-9H2,1-2H3,(H,16,22)/t10-,11-/m0/s1. The SMILES string of the molecule is CCc1nnc([C@H]2CCCN(CC(=O)N3CCNC3=O)[C@H]2C)o1. The monoisotopic (exact) mass is 321 g/mol. The van der Waals surface area contributed by atoms with Gasteiger partial charge in [0.05, 0.1) is 12.5 Å². The van der Waals surface area contributed by atoms with Crippen LogP contribution in [0.2, 0.25) is 0 Å². The summed E-state index contributed by atoms with van der Waals surface area (Å²) in [5.41, 5.74) is 0. The van der Waals surface area contributed by atoms with E-state index >= 15 is 0 Å². The van der Waals surface area contributed by atoms with Gasteiger partial charge in [-0.25, -0.2) is 4.79 Å². The van der Waals surface area contributed by atoms with Gasteiger partial charge in [-0.2, -0.15) is 0 Å². The van der Waals surface area contributed by atoms with Crippen molar-refractivity contribution in [3.63, 3.8) is 0 Å². The molecule has 0 aliphatic carbocycles. The van der Waals surface area contributed by atoms with E-state index in [1.807, 2.05) is 6.92 Å². The molecule has 0 saturated carbocycles. The minimum atomic E-state index is -0.291. The molecule has 0 spiro atoms. The van der Waals surface area contributed by atoms with Crippen molar-refractivity contribution in [3.8, 4) is 0 Å². The third kappa shape index (κ3) is 3.21. The van der Waals surface area contributed by atoms with Gasteiger partial charge in [0, 0.05) is 25.6 Å². The lowest BCUT2D eigenvalue weighted by Crippen LogP contribution is -2.48. The first kappa shape index (κ1) is 15.9. The zero-order chi connectivity index (χ0) is 16.4. The number of carbonyl (C=O) groups is 2. The molecule has 0 bridgehead atoms. The van der Waals surface area contributed by atoms with Gasteiger partial charge in [-0.3, -0.25) is 14.6 Å². The van der Waals surface area contributed by atoms with Crippen molar-refractivity contribution in [1.82, 2.24) is 25.3 Å². The van der Waals surface area contributed by atoms with Crippen molar-refractivity contribution in [3.05, 3.63) is 11.8 Å². The Morgan fingerprint density at radius 2 is 2.22 bits per heavy atom. The number of hydrogen-bond donors (Lipinski definition) is 1. The number of rotatable bonds is 4.